The Kier molecular flexibility index (Phi) is 3.69. The van der Waals surface area contributed by atoms with E-state index < -0.39 is 17.6 Å². The lowest BCUT2D eigenvalue weighted by atomic mass is 10.0. The quantitative estimate of drug-likeness (QED) is 0.721. The van der Waals surface area contributed by atoms with Gasteiger partial charge in [-0.25, -0.2) is 4.39 Å². The van der Waals surface area contributed by atoms with Gasteiger partial charge in [-0.15, -0.1) is 0 Å². The predicted octanol–water partition coefficient (Wildman–Crippen LogP) is 1.53. The monoisotopic (exact) mass is 218 g/mol. The summed E-state index contributed by atoms with van der Waals surface area (Å²) in [6.07, 6.45) is 0.466. The molecule has 0 amide bonds. The molecule has 1 aromatic rings. The average molecular weight is 219 g/mol. The molecule has 0 bridgehead atoms. The molecule has 0 radical (unpaired) electrons. The third-order valence-corrected chi connectivity index (χ3v) is 2.15. The van der Waals surface area contributed by atoms with E-state index in [0.29, 0.717) is 18.5 Å². The second-order valence-electron chi connectivity index (χ2n) is 3.01. The van der Waals surface area contributed by atoms with E-state index in [1.807, 2.05) is 0 Å². The fourth-order valence-corrected chi connectivity index (χ4v) is 1.42. The lowest BCUT2D eigenvalue weighted by Crippen LogP contribution is -2.15. The highest BCUT2D eigenvalue weighted by molar-refractivity contribution is 6.30. The Bertz CT molecular complexity index is 333. The summed E-state index contributed by atoms with van der Waals surface area (Å²) in [6, 6.07) is 1.99. The zero-order valence-corrected chi connectivity index (χ0v) is 8.26. The maximum Gasteiger partial charge on any atom is 0.166 e. The van der Waals surface area contributed by atoms with Gasteiger partial charge in [0.1, 0.15) is 0 Å². The van der Waals surface area contributed by atoms with E-state index in [0.717, 1.165) is 6.07 Å². The van der Waals surface area contributed by atoms with E-state index in [4.69, 9.17) is 23.1 Å². The Hall–Kier alpha value is -0.840. The van der Waals surface area contributed by atoms with Gasteiger partial charge in [-0.05, 0) is 25.1 Å². The Morgan fingerprint density at radius 3 is 2.71 bits per heavy atom. The van der Waals surface area contributed by atoms with Crippen molar-refractivity contribution in [2.45, 2.75) is 12.5 Å². The molecule has 1 rings (SSSR count). The van der Waals surface area contributed by atoms with Crippen LogP contribution in [-0.2, 0) is 0 Å². The first kappa shape index (κ1) is 11.2. The number of phenols is 1. The number of rotatable bonds is 3. The van der Waals surface area contributed by atoms with E-state index in [-0.39, 0.29) is 5.02 Å². The van der Waals surface area contributed by atoms with Crippen molar-refractivity contribution in [2.24, 2.45) is 11.5 Å². The SMILES string of the molecule is NCC[C@@H](N)c1cc(Cl)cc(F)c1O. The highest BCUT2D eigenvalue weighted by atomic mass is 35.5. The summed E-state index contributed by atoms with van der Waals surface area (Å²) in [5, 5.41) is 9.58. The number of nitrogens with two attached hydrogens (primary N) is 2. The van der Waals surface area contributed by atoms with Crippen molar-refractivity contribution in [3.8, 4) is 5.75 Å². The molecule has 0 saturated carbocycles. The Labute approximate surface area is 86.5 Å². The minimum absolute atomic E-state index is 0.211. The van der Waals surface area contributed by atoms with Gasteiger partial charge in [0, 0.05) is 16.6 Å². The summed E-state index contributed by atoms with van der Waals surface area (Å²) < 4.78 is 13.0. The molecule has 5 N–H and O–H groups in total. The average Bonchev–Trinajstić information content (AvgIpc) is 2.11. The molecule has 78 valence electrons. The third-order valence-electron chi connectivity index (χ3n) is 1.93. The standard InChI is InChI=1S/C9H12ClFN2O/c10-5-3-6(8(13)1-2-12)9(14)7(11)4-5/h3-4,8,14H,1-2,12-13H2/t8-/m1/s1. The molecule has 3 nitrogen and oxygen atoms in total. The molecule has 0 saturated heterocycles. The molecule has 0 aromatic heterocycles. The van der Waals surface area contributed by atoms with Gasteiger partial charge in [0.05, 0.1) is 0 Å². The number of phenolic OH excluding ortho intramolecular Hbond substituents is 1. The molecule has 1 atom stereocenters. The summed E-state index contributed by atoms with van der Waals surface area (Å²) in [5.41, 5.74) is 11.3. The van der Waals surface area contributed by atoms with Gasteiger partial charge in [-0.2, -0.15) is 0 Å². The summed E-state index contributed by atoms with van der Waals surface area (Å²) in [4.78, 5) is 0. The van der Waals surface area contributed by atoms with Crippen molar-refractivity contribution in [3.63, 3.8) is 0 Å². The lowest BCUT2D eigenvalue weighted by molar-refractivity contribution is 0.419. The predicted molar refractivity (Wildman–Crippen MR) is 53.7 cm³/mol. The normalized spacial score (nSPS) is 12.9. The maximum absolute atomic E-state index is 13.0. The van der Waals surface area contributed by atoms with Crippen molar-refractivity contribution < 1.29 is 9.50 Å². The number of hydrogen-bond acceptors (Lipinski definition) is 3. The van der Waals surface area contributed by atoms with Crippen molar-refractivity contribution in [1.29, 1.82) is 0 Å². The Morgan fingerprint density at radius 1 is 1.50 bits per heavy atom. The van der Waals surface area contributed by atoms with Gasteiger partial charge < -0.3 is 16.6 Å². The zero-order valence-electron chi connectivity index (χ0n) is 7.50. The molecule has 0 aliphatic carbocycles. The molecule has 0 aliphatic heterocycles. The fraction of sp³-hybridized carbons (Fsp3) is 0.333. The van der Waals surface area contributed by atoms with Gasteiger partial charge in [-0.1, -0.05) is 11.6 Å². The highest BCUT2D eigenvalue weighted by Crippen LogP contribution is 2.30. The summed E-state index contributed by atoms with van der Waals surface area (Å²) in [7, 11) is 0. The first-order chi connectivity index (χ1) is 6.56. The van der Waals surface area contributed by atoms with Crippen LogP contribution in [-0.4, -0.2) is 11.7 Å². The van der Waals surface area contributed by atoms with Crippen LogP contribution in [0.25, 0.3) is 0 Å². The molecule has 14 heavy (non-hydrogen) atoms. The Balaban J connectivity index is 3.07. The number of aromatic hydroxyl groups is 1. The van der Waals surface area contributed by atoms with Crippen molar-refractivity contribution >= 4 is 11.6 Å². The largest absolute Gasteiger partial charge is 0.505 e. The lowest BCUT2D eigenvalue weighted by Gasteiger charge is -2.13. The molecule has 0 spiro atoms. The van der Waals surface area contributed by atoms with Crippen LogP contribution in [0.4, 0.5) is 4.39 Å². The summed E-state index contributed by atoms with van der Waals surface area (Å²) >= 11 is 5.63. The minimum Gasteiger partial charge on any atom is -0.505 e. The van der Waals surface area contributed by atoms with E-state index >= 15 is 0 Å². The minimum atomic E-state index is -0.764. The third kappa shape index (κ3) is 2.35. The smallest absolute Gasteiger partial charge is 0.166 e. The van der Waals surface area contributed by atoms with Crippen molar-refractivity contribution in [1.82, 2.24) is 0 Å². The second kappa shape index (κ2) is 4.59. The second-order valence-corrected chi connectivity index (χ2v) is 3.45. The first-order valence-electron chi connectivity index (χ1n) is 4.19. The zero-order chi connectivity index (χ0) is 10.7. The van der Waals surface area contributed by atoms with Gasteiger partial charge in [-0.3, -0.25) is 0 Å². The highest BCUT2D eigenvalue weighted by Gasteiger charge is 2.14. The van der Waals surface area contributed by atoms with Crippen molar-refractivity contribution in [3.05, 3.63) is 28.5 Å². The molecule has 0 fully saturated rings. The van der Waals surface area contributed by atoms with Crippen LogP contribution in [0.1, 0.15) is 18.0 Å². The molecule has 0 aliphatic rings. The molecular weight excluding hydrogens is 207 g/mol. The number of benzene rings is 1. The topological polar surface area (TPSA) is 72.3 Å². The Morgan fingerprint density at radius 2 is 2.14 bits per heavy atom. The fourth-order valence-electron chi connectivity index (χ4n) is 1.20. The van der Waals surface area contributed by atoms with Gasteiger partial charge >= 0.3 is 0 Å². The maximum atomic E-state index is 13.0. The van der Waals surface area contributed by atoms with Crippen LogP contribution < -0.4 is 11.5 Å². The summed E-state index contributed by atoms with van der Waals surface area (Å²) in [6.45, 7) is 0.370. The van der Waals surface area contributed by atoms with E-state index in [9.17, 15) is 9.50 Å². The van der Waals surface area contributed by atoms with Gasteiger partial charge in [0.15, 0.2) is 11.6 Å². The van der Waals surface area contributed by atoms with Crippen LogP contribution in [0.5, 0.6) is 5.75 Å². The first-order valence-corrected chi connectivity index (χ1v) is 4.57. The molecule has 0 heterocycles. The van der Waals surface area contributed by atoms with E-state index in [1.54, 1.807) is 0 Å². The number of hydrogen-bond donors (Lipinski definition) is 3. The molecule has 1 aromatic carbocycles. The van der Waals surface area contributed by atoms with Crippen LogP contribution in [0.3, 0.4) is 0 Å². The van der Waals surface area contributed by atoms with E-state index in [1.165, 1.54) is 6.07 Å². The molecular formula is C9H12ClFN2O. The summed E-state index contributed by atoms with van der Waals surface area (Å²) in [5.74, 6) is -1.21. The van der Waals surface area contributed by atoms with Gasteiger partial charge in [0.2, 0.25) is 0 Å². The molecule has 0 unspecified atom stereocenters. The van der Waals surface area contributed by atoms with E-state index in [2.05, 4.69) is 0 Å². The van der Waals surface area contributed by atoms with Crippen LogP contribution in [0, 0.1) is 5.82 Å². The van der Waals surface area contributed by atoms with Crippen LogP contribution in [0.2, 0.25) is 5.02 Å². The number of halogens is 2. The van der Waals surface area contributed by atoms with Gasteiger partial charge in [0.25, 0.3) is 0 Å². The van der Waals surface area contributed by atoms with Crippen molar-refractivity contribution in [2.75, 3.05) is 6.54 Å². The van der Waals surface area contributed by atoms with Crippen LogP contribution >= 0.6 is 11.6 Å². The molecule has 5 heteroatoms. The van der Waals surface area contributed by atoms with Crippen LogP contribution in [0.15, 0.2) is 12.1 Å².